The number of guanidine groups is 1. The molecule has 0 aliphatic carbocycles. The summed E-state index contributed by atoms with van der Waals surface area (Å²) in [5, 5.41) is 5.94. The number of halogens is 1. The summed E-state index contributed by atoms with van der Waals surface area (Å²) >= 11 is 5.71. The lowest BCUT2D eigenvalue weighted by atomic mass is 10.3. The lowest BCUT2D eigenvalue weighted by Crippen LogP contribution is -2.33. The molecule has 72 valence electrons. The zero-order valence-corrected chi connectivity index (χ0v) is 8.07. The first-order chi connectivity index (χ1) is 6.84. The summed E-state index contributed by atoms with van der Waals surface area (Å²) in [4.78, 5) is 7.86. The molecule has 1 aromatic carbocycles. The molecule has 0 radical (unpaired) electrons. The molecule has 1 heterocycles. The van der Waals surface area contributed by atoms with Gasteiger partial charge < -0.3 is 10.6 Å². The number of alkyl halides is 1. The van der Waals surface area contributed by atoms with E-state index in [1.807, 2.05) is 30.3 Å². The number of para-hydroxylation sites is 1. The highest BCUT2D eigenvalue weighted by atomic mass is 35.5. The molecule has 14 heavy (non-hydrogen) atoms. The first-order valence-corrected chi connectivity index (χ1v) is 4.60. The van der Waals surface area contributed by atoms with Crippen LogP contribution >= 0.6 is 11.6 Å². The van der Waals surface area contributed by atoms with E-state index in [0.717, 1.165) is 5.69 Å². The van der Waals surface area contributed by atoms with Crippen LogP contribution in [0, 0.1) is 0 Å². The van der Waals surface area contributed by atoms with Crippen molar-refractivity contribution in [1.82, 2.24) is 5.32 Å². The molecule has 1 aliphatic heterocycles. The van der Waals surface area contributed by atoms with E-state index >= 15 is 0 Å². The summed E-state index contributed by atoms with van der Waals surface area (Å²) in [7, 11) is 0. The van der Waals surface area contributed by atoms with Gasteiger partial charge in [0.25, 0.3) is 0 Å². The quantitative estimate of drug-likeness (QED) is 0.544. The van der Waals surface area contributed by atoms with Crippen LogP contribution in [0.3, 0.4) is 0 Å². The molecule has 0 bridgehead atoms. The minimum Gasteiger partial charge on any atom is -0.326 e. The summed E-state index contributed by atoms with van der Waals surface area (Å²) in [6.07, 6.45) is 1.52. The molecule has 0 spiro atoms. The fourth-order valence-corrected chi connectivity index (χ4v) is 1.22. The highest BCUT2D eigenvalue weighted by Gasteiger charge is 2.06. The van der Waals surface area contributed by atoms with Crippen LogP contribution in [0.25, 0.3) is 0 Å². The first kappa shape index (κ1) is 9.02. The van der Waals surface area contributed by atoms with E-state index in [1.165, 1.54) is 6.34 Å². The molecular weight excluding hydrogens is 200 g/mol. The molecular formula is C9H9ClN4. The molecule has 1 unspecified atom stereocenters. The molecule has 0 fully saturated rings. The van der Waals surface area contributed by atoms with Crippen LogP contribution < -0.4 is 10.6 Å². The molecule has 0 saturated heterocycles. The van der Waals surface area contributed by atoms with Gasteiger partial charge in [-0.2, -0.15) is 0 Å². The van der Waals surface area contributed by atoms with Gasteiger partial charge in [0.2, 0.25) is 11.6 Å². The van der Waals surface area contributed by atoms with Gasteiger partial charge in [0.1, 0.15) is 0 Å². The Morgan fingerprint density at radius 3 is 2.79 bits per heavy atom. The van der Waals surface area contributed by atoms with E-state index < -0.39 is 5.62 Å². The molecule has 5 heteroatoms. The van der Waals surface area contributed by atoms with Crippen LogP contribution in [0.1, 0.15) is 0 Å². The van der Waals surface area contributed by atoms with E-state index in [9.17, 15) is 0 Å². The van der Waals surface area contributed by atoms with Crippen LogP contribution in [0.5, 0.6) is 0 Å². The lowest BCUT2D eigenvalue weighted by molar-refractivity contribution is 0.937. The number of nitrogens with zero attached hydrogens (tertiary/aromatic N) is 2. The monoisotopic (exact) mass is 208 g/mol. The second-order valence-electron chi connectivity index (χ2n) is 2.70. The first-order valence-electron chi connectivity index (χ1n) is 4.17. The van der Waals surface area contributed by atoms with Gasteiger partial charge in [-0.15, -0.1) is 0 Å². The number of rotatable bonds is 1. The molecule has 1 atom stereocenters. The van der Waals surface area contributed by atoms with Gasteiger partial charge in [-0.05, 0) is 12.1 Å². The second kappa shape index (κ2) is 4.11. The van der Waals surface area contributed by atoms with Gasteiger partial charge >= 0.3 is 0 Å². The van der Waals surface area contributed by atoms with Crippen LogP contribution in [-0.2, 0) is 0 Å². The molecule has 2 N–H and O–H groups in total. The second-order valence-corrected chi connectivity index (χ2v) is 3.09. The molecule has 1 aliphatic rings. The van der Waals surface area contributed by atoms with Crippen molar-refractivity contribution in [3.63, 3.8) is 0 Å². The van der Waals surface area contributed by atoms with Crippen molar-refractivity contribution in [3.8, 4) is 0 Å². The highest BCUT2D eigenvalue weighted by Crippen LogP contribution is 2.07. The predicted octanol–water partition coefficient (Wildman–Crippen LogP) is 1.61. The fourth-order valence-electron chi connectivity index (χ4n) is 1.06. The van der Waals surface area contributed by atoms with E-state index in [2.05, 4.69) is 20.6 Å². The zero-order valence-electron chi connectivity index (χ0n) is 7.31. The van der Waals surface area contributed by atoms with Crippen molar-refractivity contribution in [2.45, 2.75) is 5.62 Å². The Kier molecular flexibility index (Phi) is 2.65. The smallest absolute Gasteiger partial charge is 0.220 e. The average Bonchev–Trinajstić information content (AvgIpc) is 2.19. The summed E-state index contributed by atoms with van der Waals surface area (Å²) in [6, 6.07) is 9.72. The number of hydrogen-bond acceptors (Lipinski definition) is 4. The van der Waals surface area contributed by atoms with E-state index in [4.69, 9.17) is 11.6 Å². The van der Waals surface area contributed by atoms with Crippen molar-refractivity contribution < 1.29 is 0 Å². The number of aliphatic imine (C=N–C) groups is 2. The fraction of sp³-hybridized carbons (Fsp3) is 0.111. The minimum absolute atomic E-state index is 0.539. The van der Waals surface area contributed by atoms with Gasteiger partial charge in [0.15, 0.2) is 0 Å². The number of anilines is 1. The van der Waals surface area contributed by atoms with Gasteiger partial charge in [0.05, 0.1) is 6.34 Å². The Morgan fingerprint density at radius 1 is 1.29 bits per heavy atom. The Balaban J connectivity index is 2.05. The number of nitrogens with one attached hydrogen (secondary N) is 2. The van der Waals surface area contributed by atoms with Crippen molar-refractivity contribution in [2.24, 2.45) is 9.98 Å². The Hall–Kier alpha value is -1.55. The third-order valence-electron chi connectivity index (χ3n) is 1.67. The lowest BCUT2D eigenvalue weighted by Gasteiger charge is -2.13. The number of hydrogen-bond donors (Lipinski definition) is 2. The van der Waals surface area contributed by atoms with E-state index in [1.54, 1.807) is 0 Å². The third-order valence-corrected chi connectivity index (χ3v) is 1.88. The average molecular weight is 209 g/mol. The molecule has 0 saturated carbocycles. The Labute approximate surface area is 86.7 Å². The maximum absolute atomic E-state index is 5.71. The van der Waals surface area contributed by atoms with Gasteiger partial charge in [0, 0.05) is 5.69 Å². The summed E-state index contributed by atoms with van der Waals surface area (Å²) in [5.74, 6) is 0.603. The molecule has 0 aromatic heterocycles. The molecule has 4 nitrogen and oxygen atoms in total. The molecule has 2 rings (SSSR count). The van der Waals surface area contributed by atoms with Gasteiger partial charge in [-0.3, -0.25) is 0 Å². The zero-order chi connectivity index (χ0) is 9.80. The maximum atomic E-state index is 5.71. The Morgan fingerprint density at radius 2 is 2.07 bits per heavy atom. The summed E-state index contributed by atoms with van der Waals surface area (Å²) in [6.45, 7) is 0. The Bertz CT molecular complexity index is 360. The van der Waals surface area contributed by atoms with Crippen molar-refractivity contribution in [2.75, 3.05) is 5.32 Å². The standard InChI is InChI=1S/C9H9ClN4/c10-8-11-6-12-9(14-8)13-7-4-2-1-3-5-7/h1-6,8H,(H2,11,12,13,14). The molecule has 0 amide bonds. The van der Waals surface area contributed by atoms with Crippen LogP contribution in [0.15, 0.2) is 40.3 Å². The van der Waals surface area contributed by atoms with Crippen LogP contribution in [-0.4, -0.2) is 17.9 Å². The van der Waals surface area contributed by atoms with E-state index in [-0.39, 0.29) is 0 Å². The maximum Gasteiger partial charge on any atom is 0.220 e. The summed E-state index contributed by atoms with van der Waals surface area (Å²) < 4.78 is 0. The summed E-state index contributed by atoms with van der Waals surface area (Å²) in [5.41, 5.74) is 0.417. The van der Waals surface area contributed by atoms with Crippen molar-refractivity contribution in [1.29, 1.82) is 0 Å². The topological polar surface area (TPSA) is 48.8 Å². The van der Waals surface area contributed by atoms with Gasteiger partial charge in [-0.25, -0.2) is 9.98 Å². The van der Waals surface area contributed by atoms with Crippen LogP contribution in [0.4, 0.5) is 5.69 Å². The largest absolute Gasteiger partial charge is 0.326 e. The number of benzene rings is 1. The van der Waals surface area contributed by atoms with Crippen molar-refractivity contribution >= 4 is 29.6 Å². The van der Waals surface area contributed by atoms with Crippen LogP contribution in [0.2, 0.25) is 0 Å². The normalized spacial score (nSPS) is 19.8. The SMILES string of the molecule is ClC1N=CNC(Nc2ccccc2)=N1. The van der Waals surface area contributed by atoms with Crippen molar-refractivity contribution in [3.05, 3.63) is 30.3 Å². The van der Waals surface area contributed by atoms with Gasteiger partial charge in [-0.1, -0.05) is 29.8 Å². The third kappa shape index (κ3) is 2.23. The predicted molar refractivity (Wildman–Crippen MR) is 58.8 cm³/mol. The molecule has 1 aromatic rings. The minimum atomic E-state index is -0.539. The van der Waals surface area contributed by atoms with E-state index in [0.29, 0.717) is 5.96 Å². The highest BCUT2D eigenvalue weighted by molar-refractivity contribution is 6.22.